The lowest BCUT2D eigenvalue weighted by molar-refractivity contribution is 0.516. The van der Waals surface area contributed by atoms with Crippen LogP contribution in [0.4, 0.5) is 0 Å². The van der Waals surface area contributed by atoms with Gasteiger partial charge in [0.1, 0.15) is 5.58 Å². The predicted octanol–water partition coefficient (Wildman–Crippen LogP) is 2.26. The summed E-state index contributed by atoms with van der Waals surface area (Å²) in [7, 11) is 0. The quantitative estimate of drug-likeness (QED) is 0.809. The van der Waals surface area contributed by atoms with Crippen LogP contribution in [0.3, 0.4) is 0 Å². The van der Waals surface area contributed by atoms with Gasteiger partial charge in [-0.1, -0.05) is 18.2 Å². The van der Waals surface area contributed by atoms with E-state index in [2.05, 4.69) is 18.3 Å². The molecule has 1 heterocycles. The van der Waals surface area contributed by atoms with Crippen LogP contribution < -0.4 is 11.1 Å². The molecule has 0 saturated heterocycles. The Kier molecular flexibility index (Phi) is 3.59. The maximum absolute atomic E-state index is 5.51. The van der Waals surface area contributed by atoms with Crippen LogP contribution in [0.2, 0.25) is 0 Å². The van der Waals surface area contributed by atoms with Gasteiger partial charge < -0.3 is 15.5 Å². The maximum atomic E-state index is 5.51. The molecule has 86 valence electrons. The first-order valence-electron chi connectivity index (χ1n) is 5.70. The minimum Gasteiger partial charge on any atom is -0.464 e. The second-order valence-electron chi connectivity index (χ2n) is 4.12. The molecule has 3 N–H and O–H groups in total. The van der Waals surface area contributed by atoms with Crippen molar-refractivity contribution in [3.05, 3.63) is 36.1 Å². The fraction of sp³-hybridized carbons (Fsp3) is 0.385. The molecule has 2 rings (SSSR count). The molecular weight excluding hydrogens is 200 g/mol. The highest BCUT2D eigenvalue weighted by atomic mass is 16.3. The number of rotatable bonds is 5. The van der Waals surface area contributed by atoms with E-state index in [0.717, 1.165) is 25.1 Å². The van der Waals surface area contributed by atoms with E-state index in [1.54, 1.807) is 0 Å². The van der Waals surface area contributed by atoms with Crippen molar-refractivity contribution in [1.29, 1.82) is 0 Å². The summed E-state index contributed by atoms with van der Waals surface area (Å²) in [5, 5.41) is 4.63. The van der Waals surface area contributed by atoms with E-state index in [1.807, 2.05) is 24.5 Å². The number of furan rings is 1. The van der Waals surface area contributed by atoms with Crippen LogP contribution >= 0.6 is 0 Å². The zero-order chi connectivity index (χ0) is 11.4. The molecule has 1 aromatic heterocycles. The number of hydrogen-bond acceptors (Lipinski definition) is 3. The minimum absolute atomic E-state index is 0.443. The lowest BCUT2D eigenvalue weighted by atomic mass is 10.1. The summed E-state index contributed by atoms with van der Waals surface area (Å²) in [6, 6.07) is 8.54. The lowest BCUT2D eigenvalue weighted by Gasteiger charge is -2.11. The first-order chi connectivity index (χ1) is 7.81. The molecule has 0 amide bonds. The summed E-state index contributed by atoms with van der Waals surface area (Å²) in [6.45, 7) is 3.70. The van der Waals surface area contributed by atoms with Gasteiger partial charge in [-0.15, -0.1) is 0 Å². The lowest BCUT2D eigenvalue weighted by Crippen LogP contribution is -2.27. The summed E-state index contributed by atoms with van der Waals surface area (Å²) < 4.78 is 5.48. The van der Waals surface area contributed by atoms with Crippen LogP contribution in [-0.4, -0.2) is 12.6 Å². The Morgan fingerprint density at radius 2 is 2.19 bits per heavy atom. The van der Waals surface area contributed by atoms with Crippen LogP contribution in [0.25, 0.3) is 11.0 Å². The Morgan fingerprint density at radius 3 is 3.00 bits per heavy atom. The Labute approximate surface area is 95.6 Å². The summed E-state index contributed by atoms with van der Waals surface area (Å²) in [5.41, 5.74) is 7.67. The first-order valence-corrected chi connectivity index (χ1v) is 5.70. The van der Waals surface area contributed by atoms with Crippen molar-refractivity contribution in [1.82, 2.24) is 5.32 Å². The van der Waals surface area contributed by atoms with Crippen molar-refractivity contribution in [2.24, 2.45) is 5.73 Å². The smallest absolute Gasteiger partial charge is 0.134 e. The van der Waals surface area contributed by atoms with E-state index < -0.39 is 0 Å². The third-order valence-electron chi connectivity index (χ3n) is 2.80. The molecule has 3 heteroatoms. The second kappa shape index (κ2) is 5.14. The molecule has 0 bridgehead atoms. The highest BCUT2D eigenvalue weighted by Gasteiger charge is 2.06. The molecule has 0 aliphatic carbocycles. The van der Waals surface area contributed by atoms with Crippen molar-refractivity contribution < 1.29 is 4.42 Å². The molecule has 3 nitrogen and oxygen atoms in total. The van der Waals surface area contributed by atoms with Crippen LogP contribution in [-0.2, 0) is 6.54 Å². The Morgan fingerprint density at radius 1 is 1.38 bits per heavy atom. The molecule has 0 saturated carbocycles. The number of fused-ring (bicyclic) bond motifs is 1. The first kappa shape index (κ1) is 11.2. The minimum atomic E-state index is 0.443. The van der Waals surface area contributed by atoms with Gasteiger partial charge in [0.05, 0.1) is 6.26 Å². The number of hydrogen-bond donors (Lipinski definition) is 2. The summed E-state index contributed by atoms with van der Waals surface area (Å²) in [4.78, 5) is 0. The summed E-state index contributed by atoms with van der Waals surface area (Å²) in [6.07, 6.45) is 2.82. The van der Waals surface area contributed by atoms with Gasteiger partial charge in [0.2, 0.25) is 0 Å². The monoisotopic (exact) mass is 218 g/mol. The Hall–Kier alpha value is -1.32. The number of nitrogens with two attached hydrogens (primary N) is 1. The third-order valence-corrected chi connectivity index (χ3v) is 2.80. The van der Waals surface area contributed by atoms with Crippen molar-refractivity contribution in [3.63, 3.8) is 0 Å². The van der Waals surface area contributed by atoms with E-state index in [-0.39, 0.29) is 0 Å². The molecule has 1 unspecified atom stereocenters. The molecule has 0 aliphatic rings. The summed E-state index contributed by atoms with van der Waals surface area (Å²) >= 11 is 0. The van der Waals surface area contributed by atoms with E-state index in [1.165, 1.54) is 10.9 Å². The highest BCUT2D eigenvalue weighted by Crippen LogP contribution is 2.20. The van der Waals surface area contributed by atoms with Crippen LogP contribution in [0.5, 0.6) is 0 Å². The van der Waals surface area contributed by atoms with Crippen molar-refractivity contribution >= 4 is 11.0 Å². The molecule has 0 fully saturated rings. The Bertz CT molecular complexity index is 450. The maximum Gasteiger partial charge on any atom is 0.134 e. The van der Waals surface area contributed by atoms with Gasteiger partial charge in [-0.05, 0) is 26.0 Å². The molecule has 1 atom stereocenters. The van der Waals surface area contributed by atoms with Gasteiger partial charge in [-0.2, -0.15) is 0 Å². The number of benzene rings is 1. The topological polar surface area (TPSA) is 51.2 Å². The zero-order valence-electron chi connectivity index (χ0n) is 9.57. The van der Waals surface area contributed by atoms with Gasteiger partial charge in [0, 0.05) is 23.5 Å². The van der Waals surface area contributed by atoms with E-state index in [4.69, 9.17) is 10.2 Å². The normalized spacial score (nSPS) is 13.1. The Balaban J connectivity index is 2.04. The number of para-hydroxylation sites is 1. The molecule has 0 radical (unpaired) electrons. The van der Waals surface area contributed by atoms with Crippen molar-refractivity contribution in [2.75, 3.05) is 6.54 Å². The average molecular weight is 218 g/mol. The van der Waals surface area contributed by atoms with Crippen LogP contribution in [0.1, 0.15) is 18.9 Å². The molecular formula is C13H18N2O. The summed E-state index contributed by atoms with van der Waals surface area (Å²) in [5.74, 6) is 0. The van der Waals surface area contributed by atoms with Gasteiger partial charge in [-0.25, -0.2) is 0 Å². The van der Waals surface area contributed by atoms with Gasteiger partial charge in [-0.3, -0.25) is 0 Å². The average Bonchev–Trinajstić information content (AvgIpc) is 2.70. The molecule has 16 heavy (non-hydrogen) atoms. The highest BCUT2D eigenvalue weighted by molar-refractivity contribution is 5.80. The SMILES string of the molecule is CC(CCN)NCc1coc2ccccc12. The molecule has 1 aromatic carbocycles. The van der Waals surface area contributed by atoms with E-state index in [0.29, 0.717) is 6.04 Å². The molecule has 0 spiro atoms. The van der Waals surface area contributed by atoms with Gasteiger partial charge >= 0.3 is 0 Å². The second-order valence-corrected chi connectivity index (χ2v) is 4.12. The van der Waals surface area contributed by atoms with Crippen molar-refractivity contribution in [2.45, 2.75) is 25.9 Å². The largest absolute Gasteiger partial charge is 0.464 e. The van der Waals surface area contributed by atoms with Gasteiger partial charge in [0.15, 0.2) is 0 Å². The van der Waals surface area contributed by atoms with Crippen molar-refractivity contribution in [3.8, 4) is 0 Å². The van der Waals surface area contributed by atoms with Gasteiger partial charge in [0.25, 0.3) is 0 Å². The van der Waals surface area contributed by atoms with E-state index in [9.17, 15) is 0 Å². The predicted molar refractivity (Wildman–Crippen MR) is 66.2 cm³/mol. The third kappa shape index (κ3) is 2.43. The zero-order valence-corrected chi connectivity index (χ0v) is 9.57. The fourth-order valence-corrected chi connectivity index (χ4v) is 1.81. The molecule has 0 aliphatic heterocycles. The fourth-order valence-electron chi connectivity index (χ4n) is 1.81. The van der Waals surface area contributed by atoms with E-state index >= 15 is 0 Å². The van der Waals surface area contributed by atoms with Crippen LogP contribution in [0.15, 0.2) is 34.9 Å². The standard InChI is InChI=1S/C13H18N2O/c1-10(6-7-14)15-8-11-9-16-13-5-3-2-4-12(11)13/h2-5,9-10,15H,6-8,14H2,1H3. The van der Waals surface area contributed by atoms with Crippen LogP contribution in [0, 0.1) is 0 Å². The number of nitrogens with one attached hydrogen (secondary N) is 1. The molecule has 2 aromatic rings.